The SMILES string of the molecule is CC(C)(C)O.CC(C)C=O.CCOC(=O)Cc1c(C)nc(C)c(-c2ccc(CN(C)Cc3ccc(F)cc3)cc2)c1N1CCC(C)(C)CC1. The van der Waals surface area contributed by atoms with Crippen LogP contribution in [0.5, 0.6) is 0 Å². The molecule has 0 radical (unpaired) electrons. The molecule has 0 spiro atoms. The maximum Gasteiger partial charge on any atom is 0.310 e. The standard InChI is InChI=1S/C33H42FN3O2.C4H10O.C4H8O/c1-7-39-30(38)20-29-23(2)35-24(3)31(32(29)37-18-16-33(4,5)17-19-37)27-12-8-25(9-13-27)21-36(6)22-26-10-14-28(34)15-11-26;1-4(2,3)5;1-4(2)3-5/h8-15H,7,16-22H2,1-6H3;5H,1-3H3;3-4H,1-2H3. The van der Waals surface area contributed by atoms with Gasteiger partial charge in [-0.15, -0.1) is 0 Å². The second kappa shape index (κ2) is 19.0. The van der Waals surface area contributed by atoms with E-state index >= 15 is 0 Å². The van der Waals surface area contributed by atoms with E-state index in [2.05, 4.69) is 61.9 Å². The van der Waals surface area contributed by atoms with Crippen LogP contribution in [0.2, 0.25) is 0 Å². The van der Waals surface area contributed by atoms with Crippen LogP contribution < -0.4 is 4.90 Å². The fraction of sp³-hybridized carbons (Fsp3) is 0.537. The zero-order valence-electron chi connectivity index (χ0n) is 31.8. The number of ether oxygens (including phenoxy) is 1. The van der Waals surface area contributed by atoms with Gasteiger partial charge in [-0.1, -0.05) is 64.1 Å². The number of piperidine rings is 1. The number of nitrogens with zero attached hydrogens (tertiary/aromatic N) is 3. The first-order chi connectivity index (χ1) is 22.8. The molecule has 1 N–H and O–H groups in total. The summed E-state index contributed by atoms with van der Waals surface area (Å²) in [5.74, 6) is -0.221. The number of carbonyl (C=O) groups excluding carboxylic acids is 2. The van der Waals surface area contributed by atoms with Crippen molar-refractivity contribution in [1.82, 2.24) is 9.88 Å². The van der Waals surface area contributed by atoms with Gasteiger partial charge in [-0.25, -0.2) is 4.39 Å². The summed E-state index contributed by atoms with van der Waals surface area (Å²) in [6.07, 6.45) is 3.34. The van der Waals surface area contributed by atoms with Crippen molar-refractivity contribution in [3.63, 3.8) is 0 Å². The van der Waals surface area contributed by atoms with E-state index in [1.165, 1.54) is 17.7 Å². The average molecular weight is 678 g/mol. The molecule has 8 heteroatoms. The monoisotopic (exact) mass is 677 g/mol. The smallest absolute Gasteiger partial charge is 0.310 e. The van der Waals surface area contributed by atoms with Crippen LogP contribution in [0.25, 0.3) is 11.1 Å². The minimum Gasteiger partial charge on any atom is -0.466 e. The maximum atomic E-state index is 13.3. The number of carbonyl (C=O) groups is 2. The lowest BCUT2D eigenvalue weighted by molar-refractivity contribution is -0.142. The van der Waals surface area contributed by atoms with E-state index in [4.69, 9.17) is 14.8 Å². The summed E-state index contributed by atoms with van der Waals surface area (Å²) in [6, 6.07) is 15.4. The Morgan fingerprint density at radius 2 is 1.47 bits per heavy atom. The summed E-state index contributed by atoms with van der Waals surface area (Å²) in [6.45, 7) is 23.3. The van der Waals surface area contributed by atoms with E-state index in [1.807, 2.05) is 39.8 Å². The number of anilines is 1. The quantitative estimate of drug-likeness (QED) is 0.170. The largest absolute Gasteiger partial charge is 0.466 e. The third-order valence-electron chi connectivity index (χ3n) is 8.05. The fourth-order valence-electron chi connectivity index (χ4n) is 5.51. The van der Waals surface area contributed by atoms with Gasteiger partial charge in [-0.3, -0.25) is 14.7 Å². The van der Waals surface area contributed by atoms with Gasteiger partial charge in [0, 0.05) is 54.6 Å². The Morgan fingerprint density at radius 1 is 1.00 bits per heavy atom. The molecule has 1 aromatic heterocycles. The number of esters is 1. The first-order valence-corrected chi connectivity index (χ1v) is 17.4. The Kier molecular flexibility index (Phi) is 16.1. The van der Waals surface area contributed by atoms with Gasteiger partial charge in [-0.05, 0) is 95.7 Å². The van der Waals surface area contributed by atoms with Crippen LogP contribution in [0.15, 0.2) is 48.5 Å². The molecule has 0 atom stereocenters. The van der Waals surface area contributed by atoms with E-state index in [0.29, 0.717) is 12.0 Å². The van der Waals surface area contributed by atoms with Crippen molar-refractivity contribution >= 4 is 17.9 Å². The van der Waals surface area contributed by atoms with Crippen molar-refractivity contribution in [1.29, 1.82) is 0 Å². The van der Waals surface area contributed by atoms with E-state index in [0.717, 1.165) is 84.6 Å². The Morgan fingerprint density at radius 3 is 1.92 bits per heavy atom. The topological polar surface area (TPSA) is 83.0 Å². The number of aryl methyl sites for hydroxylation is 2. The van der Waals surface area contributed by atoms with E-state index < -0.39 is 5.60 Å². The molecule has 270 valence electrons. The third-order valence-corrected chi connectivity index (χ3v) is 8.05. The third kappa shape index (κ3) is 14.8. The molecule has 0 aliphatic carbocycles. The first kappa shape index (κ1) is 41.6. The van der Waals surface area contributed by atoms with Crippen LogP contribution in [0.1, 0.15) is 96.3 Å². The van der Waals surface area contributed by atoms with E-state index in [9.17, 15) is 14.0 Å². The van der Waals surface area contributed by atoms with Gasteiger partial charge in [0.1, 0.15) is 12.1 Å². The predicted octanol–water partition coefficient (Wildman–Crippen LogP) is 8.49. The highest BCUT2D eigenvalue weighted by atomic mass is 19.1. The Balaban J connectivity index is 0.000000730. The summed E-state index contributed by atoms with van der Waals surface area (Å²) in [7, 11) is 2.07. The number of aldehydes is 1. The molecule has 2 heterocycles. The molecule has 1 aliphatic rings. The molecule has 0 unspecified atom stereocenters. The molecule has 1 fully saturated rings. The number of hydrogen-bond acceptors (Lipinski definition) is 7. The number of aromatic nitrogens is 1. The molecule has 3 aromatic rings. The summed E-state index contributed by atoms with van der Waals surface area (Å²) in [5.41, 5.74) is 8.28. The van der Waals surface area contributed by atoms with Gasteiger partial charge in [0.15, 0.2) is 0 Å². The molecule has 7 nitrogen and oxygen atoms in total. The lowest BCUT2D eigenvalue weighted by atomic mass is 9.82. The highest BCUT2D eigenvalue weighted by Crippen LogP contribution is 2.41. The molecule has 1 aliphatic heterocycles. The van der Waals surface area contributed by atoms with Crippen LogP contribution in [0.3, 0.4) is 0 Å². The van der Waals surface area contributed by atoms with Gasteiger partial charge in [-0.2, -0.15) is 0 Å². The molecule has 49 heavy (non-hydrogen) atoms. The van der Waals surface area contributed by atoms with Crippen LogP contribution in [-0.4, -0.2) is 59.6 Å². The number of halogens is 1. The summed E-state index contributed by atoms with van der Waals surface area (Å²) in [4.78, 5) is 31.7. The fourth-order valence-corrected chi connectivity index (χ4v) is 5.51. The number of pyridine rings is 1. The van der Waals surface area contributed by atoms with Crippen LogP contribution in [0, 0.1) is 31.0 Å². The van der Waals surface area contributed by atoms with Gasteiger partial charge in [0.05, 0.1) is 24.3 Å². The average Bonchev–Trinajstić information content (AvgIpc) is 3.00. The molecule has 0 amide bonds. The molecule has 0 bridgehead atoms. The first-order valence-electron chi connectivity index (χ1n) is 17.4. The van der Waals surface area contributed by atoms with Crippen molar-refractivity contribution in [2.24, 2.45) is 11.3 Å². The molecule has 1 saturated heterocycles. The predicted molar refractivity (Wildman–Crippen MR) is 199 cm³/mol. The van der Waals surface area contributed by atoms with Crippen molar-refractivity contribution in [2.45, 2.75) is 107 Å². The second-order valence-electron chi connectivity index (χ2n) is 15.2. The van der Waals surface area contributed by atoms with Gasteiger partial charge in [0.2, 0.25) is 0 Å². The Hall–Kier alpha value is -3.62. The van der Waals surface area contributed by atoms with Gasteiger partial charge in [0.25, 0.3) is 0 Å². The zero-order valence-corrected chi connectivity index (χ0v) is 31.8. The normalized spacial score (nSPS) is 14.1. The van der Waals surface area contributed by atoms with Crippen molar-refractivity contribution in [2.75, 3.05) is 31.6 Å². The molecule has 2 aromatic carbocycles. The summed E-state index contributed by atoms with van der Waals surface area (Å²) >= 11 is 0. The molecule has 4 rings (SSSR count). The molecule has 0 saturated carbocycles. The summed E-state index contributed by atoms with van der Waals surface area (Å²) < 4.78 is 18.6. The molecular weight excluding hydrogens is 617 g/mol. The summed E-state index contributed by atoms with van der Waals surface area (Å²) in [5, 5.41) is 8.52. The lowest BCUT2D eigenvalue weighted by Crippen LogP contribution is -2.38. The van der Waals surface area contributed by atoms with Crippen LogP contribution in [-0.2, 0) is 33.8 Å². The highest BCUT2D eigenvalue weighted by molar-refractivity contribution is 5.86. The number of hydrogen-bond donors (Lipinski definition) is 1. The minimum atomic E-state index is -0.500. The zero-order chi connectivity index (χ0) is 36.9. The molecular formula is C41H60FN3O4. The number of aliphatic hydroxyl groups is 1. The lowest BCUT2D eigenvalue weighted by Gasteiger charge is -2.40. The number of benzene rings is 2. The highest BCUT2D eigenvalue weighted by Gasteiger charge is 2.30. The Labute approximate surface area is 294 Å². The van der Waals surface area contributed by atoms with Crippen molar-refractivity contribution in [3.05, 3.63) is 82.4 Å². The maximum absolute atomic E-state index is 13.3. The van der Waals surface area contributed by atoms with Crippen LogP contribution >= 0.6 is 0 Å². The van der Waals surface area contributed by atoms with E-state index in [-0.39, 0.29) is 24.1 Å². The second-order valence-corrected chi connectivity index (χ2v) is 15.2. The van der Waals surface area contributed by atoms with Crippen LogP contribution in [0.4, 0.5) is 10.1 Å². The Bertz CT molecular complexity index is 1460. The van der Waals surface area contributed by atoms with E-state index in [1.54, 1.807) is 20.8 Å². The number of rotatable bonds is 10. The van der Waals surface area contributed by atoms with Gasteiger partial charge >= 0.3 is 5.97 Å². The van der Waals surface area contributed by atoms with Gasteiger partial charge < -0.3 is 19.5 Å². The minimum absolute atomic E-state index is 0.204. The van der Waals surface area contributed by atoms with Crippen molar-refractivity contribution in [3.8, 4) is 11.1 Å². The van der Waals surface area contributed by atoms with Crippen molar-refractivity contribution < 1.29 is 23.8 Å².